The Labute approximate surface area is 170 Å². The Morgan fingerprint density at radius 3 is 2.14 bits per heavy atom. The molecule has 0 fully saturated rings. The molecule has 29 heavy (non-hydrogen) atoms. The monoisotopic (exact) mass is 388 g/mol. The molecule has 0 bridgehead atoms. The molecule has 3 aromatic carbocycles. The summed E-state index contributed by atoms with van der Waals surface area (Å²) in [6.45, 7) is 2.84. The molecule has 0 radical (unpaired) electrons. The van der Waals surface area contributed by atoms with Gasteiger partial charge in [0, 0.05) is 11.1 Å². The van der Waals surface area contributed by atoms with Gasteiger partial charge in [-0.15, -0.1) is 0 Å². The average molecular weight is 388 g/mol. The van der Waals surface area contributed by atoms with Crippen LogP contribution >= 0.6 is 0 Å². The van der Waals surface area contributed by atoms with Gasteiger partial charge >= 0.3 is 5.97 Å². The van der Waals surface area contributed by atoms with Crippen LogP contribution in [0.15, 0.2) is 72.8 Å². The van der Waals surface area contributed by atoms with Crippen molar-refractivity contribution in [2.75, 3.05) is 6.61 Å². The summed E-state index contributed by atoms with van der Waals surface area (Å²) in [5.74, 6) is 5.68. The fourth-order valence-corrected chi connectivity index (χ4v) is 2.49. The van der Waals surface area contributed by atoms with E-state index in [0.717, 1.165) is 29.7 Å². The van der Waals surface area contributed by atoms with E-state index in [0.29, 0.717) is 12.2 Å². The summed E-state index contributed by atoms with van der Waals surface area (Å²) in [5.41, 5.74) is 1.96. The molecule has 3 aromatic rings. The SMILES string of the molecule is CCCCOc1ccc(C#Cc2ccc(C(=O)Oc3ccccc3F)cc2)cc1. The normalized spacial score (nSPS) is 10.0. The molecule has 0 heterocycles. The minimum absolute atomic E-state index is 0.0940. The van der Waals surface area contributed by atoms with Gasteiger partial charge in [0.15, 0.2) is 11.6 Å². The summed E-state index contributed by atoms with van der Waals surface area (Å²) in [4.78, 5) is 12.1. The van der Waals surface area contributed by atoms with Gasteiger partial charge in [0.2, 0.25) is 0 Å². The lowest BCUT2D eigenvalue weighted by atomic mass is 10.1. The van der Waals surface area contributed by atoms with Crippen molar-refractivity contribution in [3.05, 3.63) is 95.3 Å². The number of hydrogen-bond donors (Lipinski definition) is 0. The number of para-hydroxylation sites is 1. The van der Waals surface area contributed by atoms with Crippen molar-refractivity contribution in [2.24, 2.45) is 0 Å². The number of halogens is 1. The van der Waals surface area contributed by atoms with Crippen molar-refractivity contribution in [3.8, 4) is 23.3 Å². The third-order valence-corrected chi connectivity index (χ3v) is 4.13. The Morgan fingerprint density at radius 2 is 1.52 bits per heavy atom. The smallest absolute Gasteiger partial charge is 0.343 e. The number of hydrogen-bond acceptors (Lipinski definition) is 3. The van der Waals surface area contributed by atoms with Crippen molar-refractivity contribution < 1.29 is 18.7 Å². The Kier molecular flexibility index (Phi) is 7.02. The standard InChI is InChI=1S/C25H21FO3/c1-2-3-18-28-22-16-12-20(13-17-22)9-8-19-10-14-21(15-11-19)25(27)29-24-7-5-4-6-23(24)26/h4-7,10-17H,2-3,18H2,1H3. The van der Waals surface area contributed by atoms with E-state index >= 15 is 0 Å². The molecular formula is C25H21FO3. The zero-order valence-corrected chi connectivity index (χ0v) is 16.2. The highest BCUT2D eigenvalue weighted by molar-refractivity contribution is 5.91. The van der Waals surface area contributed by atoms with Gasteiger partial charge in [0.05, 0.1) is 12.2 Å². The van der Waals surface area contributed by atoms with Gasteiger partial charge in [-0.25, -0.2) is 9.18 Å². The van der Waals surface area contributed by atoms with Crippen LogP contribution in [0.5, 0.6) is 11.5 Å². The summed E-state index contributed by atoms with van der Waals surface area (Å²) in [6, 6.07) is 20.1. The fourth-order valence-electron chi connectivity index (χ4n) is 2.49. The first-order valence-electron chi connectivity index (χ1n) is 9.47. The molecule has 0 aromatic heterocycles. The molecule has 0 aliphatic rings. The summed E-state index contributed by atoms with van der Waals surface area (Å²) < 4.78 is 24.3. The predicted octanol–water partition coefficient (Wildman–Crippen LogP) is 5.62. The van der Waals surface area contributed by atoms with E-state index in [4.69, 9.17) is 9.47 Å². The molecular weight excluding hydrogens is 367 g/mol. The van der Waals surface area contributed by atoms with Gasteiger partial charge in [-0.3, -0.25) is 0 Å². The molecule has 3 rings (SSSR count). The number of benzene rings is 3. The topological polar surface area (TPSA) is 35.5 Å². The third kappa shape index (κ3) is 5.95. The Hall–Kier alpha value is -3.58. The van der Waals surface area contributed by atoms with E-state index in [1.54, 1.807) is 30.3 Å². The molecule has 0 aliphatic heterocycles. The van der Waals surface area contributed by atoms with E-state index in [2.05, 4.69) is 18.8 Å². The third-order valence-electron chi connectivity index (χ3n) is 4.13. The number of esters is 1. The summed E-state index contributed by atoms with van der Waals surface area (Å²) in [5, 5.41) is 0. The maximum absolute atomic E-state index is 13.6. The summed E-state index contributed by atoms with van der Waals surface area (Å²) >= 11 is 0. The van der Waals surface area contributed by atoms with E-state index in [9.17, 15) is 9.18 Å². The Balaban J connectivity index is 1.61. The first-order chi connectivity index (χ1) is 14.2. The molecule has 0 saturated carbocycles. The minimum atomic E-state index is -0.617. The summed E-state index contributed by atoms with van der Waals surface area (Å²) in [6.07, 6.45) is 2.13. The molecule has 146 valence electrons. The molecule has 0 N–H and O–H groups in total. The van der Waals surface area contributed by atoms with Crippen LogP contribution in [0.3, 0.4) is 0 Å². The van der Waals surface area contributed by atoms with Crippen LogP contribution in [-0.4, -0.2) is 12.6 Å². The molecule has 3 nitrogen and oxygen atoms in total. The highest BCUT2D eigenvalue weighted by atomic mass is 19.1. The maximum Gasteiger partial charge on any atom is 0.343 e. The molecule has 0 spiro atoms. The zero-order chi connectivity index (χ0) is 20.5. The Bertz CT molecular complexity index is 1010. The second-order valence-electron chi connectivity index (χ2n) is 6.37. The zero-order valence-electron chi connectivity index (χ0n) is 16.2. The number of carbonyl (C=O) groups is 1. The van der Waals surface area contributed by atoms with Crippen LogP contribution in [-0.2, 0) is 0 Å². The van der Waals surface area contributed by atoms with Gasteiger partial charge < -0.3 is 9.47 Å². The number of rotatable bonds is 6. The average Bonchev–Trinajstić information content (AvgIpc) is 2.75. The van der Waals surface area contributed by atoms with Crippen molar-refractivity contribution in [3.63, 3.8) is 0 Å². The lowest BCUT2D eigenvalue weighted by molar-refractivity contribution is 0.0728. The van der Waals surface area contributed by atoms with Crippen molar-refractivity contribution in [1.29, 1.82) is 0 Å². The van der Waals surface area contributed by atoms with Crippen molar-refractivity contribution in [1.82, 2.24) is 0 Å². The predicted molar refractivity (Wildman–Crippen MR) is 111 cm³/mol. The largest absolute Gasteiger partial charge is 0.494 e. The van der Waals surface area contributed by atoms with Crippen LogP contribution in [0.1, 0.15) is 41.3 Å². The van der Waals surface area contributed by atoms with Gasteiger partial charge in [-0.2, -0.15) is 0 Å². The summed E-state index contributed by atoms with van der Waals surface area (Å²) in [7, 11) is 0. The van der Waals surface area contributed by atoms with Crippen LogP contribution in [0, 0.1) is 17.7 Å². The molecule has 0 saturated heterocycles. The van der Waals surface area contributed by atoms with Crippen LogP contribution in [0.25, 0.3) is 0 Å². The molecule has 0 aliphatic carbocycles. The molecule has 0 unspecified atom stereocenters. The van der Waals surface area contributed by atoms with Crippen LogP contribution < -0.4 is 9.47 Å². The van der Waals surface area contributed by atoms with E-state index < -0.39 is 11.8 Å². The van der Waals surface area contributed by atoms with E-state index in [-0.39, 0.29) is 5.75 Å². The maximum atomic E-state index is 13.6. The highest BCUT2D eigenvalue weighted by Gasteiger charge is 2.11. The van der Waals surface area contributed by atoms with Crippen LogP contribution in [0.4, 0.5) is 4.39 Å². The first kappa shape index (κ1) is 20.2. The van der Waals surface area contributed by atoms with Gasteiger partial charge in [0.1, 0.15) is 5.75 Å². The number of unbranched alkanes of at least 4 members (excludes halogenated alkanes) is 1. The van der Waals surface area contributed by atoms with Gasteiger partial charge in [-0.05, 0) is 67.1 Å². The lowest BCUT2D eigenvalue weighted by Crippen LogP contribution is -2.09. The minimum Gasteiger partial charge on any atom is -0.494 e. The van der Waals surface area contributed by atoms with Gasteiger partial charge in [0.25, 0.3) is 0 Å². The Morgan fingerprint density at radius 1 is 0.897 bits per heavy atom. The fraction of sp³-hybridized carbons (Fsp3) is 0.160. The number of ether oxygens (including phenoxy) is 2. The lowest BCUT2D eigenvalue weighted by Gasteiger charge is -2.05. The highest BCUT2D eigenvalue weighted by Crippen LogP contribution is 2.17. The van der Waals surface area contributed by atoms with E-state index in [1.165, 1.54) is 18.2 Å². The molecule has 0 atom stereocenters. The quantitative estimate of drug-likeness (QED) is 0.238. The molecule has 4 heteroatoms. The van der Waals surface area contributed by atoms with E-state index in [1.807, 2.05) is 24.3 Å². The second-order valence-corrected chi connectivity index (χ2v) is 6.37. The van der Waals surface area contributed by atoms with Crippen LogP contribution in [0.2, 0.25) is 0 Å². The van der Waals surface area contributed by atoms with Crippen molar-refractivity contribution >= 4 is 5.97 Å². The first-order valence-corrected chi connectivity index (χ1v) is 9.47. The second kappa shape index (κ2) is 10.1. The molecule has 0 amide bonds. The van der Waals surface area contributed by atoms with Gasteiger partial charge in [-0.1, -0.05) is 37.3 Å². The number of carbonyl (C=O) groups excluding carboxylic acids is 1. The van der Waals surface area contributed by atoms with Crippen molar-refractivity contribution in [2.45, 2.75) is 19.8 Å².